The summed E-state index contributed by atoms with van der Waals surface area (Å²) in [7, 11) is 0. The fraction of sp³-hybridized carbons (Fsp3) is 0.250. The highest BCUT2D eigenvalue weighted by Gasteiger charge is 2.20. The molecular formula is C12H12ClN3O3S2. The summed E-state index contributed by atoms with van der Waals surface area (Å²) < 4.78 is 0.528. The van der Waals surface area contributed by atoms with Gasteiger partial charge in [-0.3, -0.25) is 4.79 Å². The molecule has 112 valence electrons. The number of aromatic nitrogens is 2. The molecule has 0 radical (unpaired) electrons. The van der Waals surface area contributed by atoms with Gasteiger partial charge in [0.15, 0.2) is 4.34 Å². The van der Waals surface area contributed by atoms with Crippen LogP contribution in [0.3, 0.4) is 0 Å². The number of aliphatic hydroxyl groups is 1. The number of halogens is 1. The Labute approximate surface area is 134 Å². The molecule has 0 saturated carbocycles. The Balaban J connectivity index is 2.02. The molecule has 21 heavy (non-hydrogen) atoms. The molecule has 1 aromatic carbocycles. The average molecular weight is 346 g/mol. The van der Waals surface area contributed by atoms with Crippen molar-refractivity contribution in [3.63, 3.8) is 0 Å². The van der Waals surface area contributed by atoms with E-state index in [0.29, 0.717) is 14.5 Å². The van der Waals surface area contributed by atoms with Gasteiger partial charge >= 0.3 is 5.97 Å². The molecular weight excluding hydrogens is 334 g/mol. The minimum absolute atomic E-state index is 0.163. The molecule has 1 heterocycles. The van der Waals surface area contributed by atoms with Crippen molar-refractivity contribution in [2.75, 3.05) is 11.9 Å². The Morgan fingerprint density at radius 2 is 2.29 bits per heavy atom. The number of nitrogens with one attached hydrogen (secondary N) is 1. The molecule has 3 N–H and O–H groups in total. The highest BCUT2D eigenvalue weighted by atomic mass is 35.5. The number of anilines is 2. The molecule has 2 aromatic rings. The Bertz CT molecular complexity index is 623. The molecule has 0 amide bonds. The summed E-state index contributed by atoms with van der Waals surface area (Å²) in [6.45, 7) is -0.184. The number of hydrogen-bond acceptors (Lipinski definition) is 7. The van der Waals surface area contributed by atoms with Gasteiger partial charge < -0.3 is 15.5 Å². The first kappa shape index (κ1) is 16.0. The molecule has 0 aliphatic heterocycles. The molecule has 0 fully saturated rings. The third kappa shape index (κ3) is 4.85. The van der Waals surface area contributed by atoms with Gasteiger partial charge in [-0.25, -0.2) is 0 Å². The second-order valence-electron chi connectivity index (χ2n) is 3.97. The SMILES string of the molecule is O=C(O)C(CCO)Sc1nnc(Nc2cccc(Cl)c2)s1. The number of thioether (sulfide) groups is 1. The van der Waals surface area contributed by atoms with E-state index in [0.717, 1.165) is 17.4 Å². The molecule has 1 atom stereocenters. The average Bonchev–Trinajstić information content (AvgIpc) is 2.85. The van der Waals surface area contributed by atoms with Crippen LogP contribution in [0.25, 0.3) is 0 Å². The number of benzene rings is 1. The van der Waals surface area contributed by atoms with Crippen LogP contribution in [0, 0.1) is 0 Å². The summed E-state index contributed by atoms with van der Waals surface area (Å²) in [4.78, 5) is 11.0. The van der Waals surface area contributed by atoms with Gasteiger partial charge in [0.05, 0.1) is 0 Å². The Morgan fingerprint density at radius 3 is 2.95 bits per heavy atom. The fourth-order valence-corrected chi connectivity index (χ4v) is 3.59. The highest BCUT2D eigenvalue weighted by Crippen LogP contribution is 2.32. The first-order valence-corrected chi connectivity index (χ1v) is 8.02. The Hall–Kier alpha value is -1.35. The van der Waals surface area contributed by atoms with Crippen molar-refractivity contribution < 1.29 is 15.0 Å². The summed E-state index contributed by atoms with van der Waals surface area (Å²) in [6, 6.07) is 7.16. The normalized spacial score (nSPS) is 12.1. The van der Waals surface area contributed by atoms with Crippen LogP contribution < -0.4 is 5.32 Å². The fourth-order valence-electron chi connectivity index (χ4n) is 1.47. The largest absolute Gasteiger partial charge is 0.480 e. The number of carboxylic acids is 1. The van der Waals surface area contributed by atoms with Crippen molar-refractivity contribution in [3.8, 4) is 0 Å². The predicted molar refractivity (Wildman–Crippen MR) is 83.6 cm³/mol. The maximum atomic E-state index is 11.0. The van der Waals surface area contributed by atoms with Crippen LogP contribution in [0.1, 0.15) is 6.42 Å². The predicted octanol–water partition coefficient (Wildman–Crippen LogP) is 2.86. The van der Waals surface area contributed by atoms with Gasteiger partial charge in [-0.2, -0.15) is 0 Å². The van der Waals surface area contributed by atoms with Gasteiger partial charge in [0.2, 0.25) is 5.13 Å². The Kier molecular flexibility index (Phi) is 5.80. The second-order valence-corrected chi connectivity index (χ2v) is 6.83. The van der Waals surface area contributed by atoms with E-state index in [1.807, 2.05) is 12.1 Å². The minimum Gasteiger partial charge on any atom is -0.480 e. The van der Waals surface area contributed by atoms with Crippen molar-refractivity contribution in [1.82, 2.24) is 10.2 Å². The van der Waals surface area contributed by atoms with Crippen LogP contribution in [-0.4, -0.2) is 38.2 Å². The summed E-state index contributed by atoms with van der Waals surface area (Å²) in [5.74, 6) is -0.978. The second kappa shape index (κ2) is 7.60. The standard InChI is InChI=1S/C12H12ClN3O3S2/c13-7-2-1-3-8(6-7)14-11-15-16-12(21-11)20-9(4-5-17)10(18)19/h1-3,6,9,17H,4-5H2,(H,14,15)(H,18,19). The first-order chi connectivity index (χ1) is 10.1. The summed E-state index contributed by atoms with van der Waals surface area (Å²) >= 11 is 8.21. The maximum absolute atomic E-state index is 11.0. The minimum atomic E-state index is -0.978. The summed E-state index contributed by atoms with van der Waals surface area (Å²) in [5.41, 5.74) is 0.778. The van der Waals surface area contributed by atoms with E-state index in [9.17, 15) is 4.79 Å². The van der Waals surface area contributed by atoms with Crippen molar-refractivity contribution in [3.05, 3.63) is 29.3 Å². The van der Waals surface area contributed by atoms with Crippen molar-refractivity contribution >= 4 is 51.5 Å². The zero-order valence-electron chi connectivity index (χ0n) is 10.7. The number of carboxylic acid groups (broad SMARTS) is 1. The number of aliphatic hydroxyl groups excluding tert-OH is 1. The molecule has 9 heteroatoms. The lowest BCUT2D eigenvalue weighted by Gasteiger charge is -2.06. The van der Waals surface area contributed by atoms with E-state index in [1.54, 1.807) is 12.1 Å². The van der Waals surface area contributed by atoms with Gasteiger partial charge in [0.1, 0.15) is 5.25 Å². The van der Waals surface area contributed by atoms with Crippen molar-refractivity contribution in [1.29, 1.82) is 0 Å². The Morgan fingerprint density at radius 1 is 1.48 bits per heavy atom. The van der Waals surface area contributed by atoms with Crippen LogP contribution in [0.5, 0.6) is 0 Å². The van der Waals surface area contributed by atoms with E-state index in [4.69, 9.17) is 21.8 Å². The van der Waals surface area contributed by atoms with Crippen molar-refractivity contribution in [2.45, 2.75) is 16.0 Å². The number of rotatable bonds is 7. The van der Waals surface area contributed by atoms with Crippen LogP contribution in [0.4, 0.5) is 10.8 Å². The zero-order valence-corrected chi connectivity index (χ0v) is 13.1. The van der Waals surface area contributed by atoms with E-state index < -0.39 is 11.2 Å². The van der Waals surface area contributed by atoms with Gasteiger partial charge in [-0.15, -0.1) is 10.2 Å². The van der Waals surface area contributed by atoms with Crippen molar-refractivity contribution in [2.24, 2.45) is 0 Å². The molecule has 0 aliphatic rings. The summed E-state index contributed by atoms with van der Waals surface area (Å²) in [6.07, 6.45) is 0.163. The van der Waals surface area contributed by atoms with E-state index in [-0.39, 0.29) is 13.0 Å². The molecule has 0 saturated heterocycles. The van der Waals surface area contributed by atoms with Gasteiger partial charge in [-0.05, 0) is 24.6 Å². The topological polar surface area (TPSA) is 95.3 Å². The molecule has 0 bridgehead atoms. The monoisotopic (exact) mass is 345 g/mol. The summed E-state index contributed by atoms with van der Waals surface area (Å²) in [5, 5.41) is 29.2. The van der Waals surface area contributed by atoms with E-state index >= 15 is 0 Å². The number of carbonyl (C=O) groups is 1. The lowest BCUT2D eigenvalue weighted by atomic mass is 10.3. The number of hydrogen-bond donors (Lipinski definition) is 3. The maximum Gasteiger partial charge on any atom is 0.317 e. The van der Waals surface area contributed by atoms with Crippen LogP contribution in [-0.2, 0) is 4.79 Å². The first-order valence-electron chi connectivity index (χ1n) is 5.95. The lowest BCUT2D eigenvalue weighted by Crippen LogP contribution is -2.17. The number of aliphatic carboxylic acids is 1. The van der Waals surface area contributed by atoms with E-state index in [1.165, 1.54) is 11.3 Å². The molecule has 1 aromatic heterocycles. The van der Waals surface area contributed by atoms with Crippen LogP contribution >= 0.6 is 34.7 Å². The quantitative estimate of drug-likeness (QED) is 0.664. The van der Waals surface area contributed by atoms with Gasteiger partial charge in [0, 0.05) is 17.3 Å². The molecule has 0 aliphatic carbocycles. The van der Waals surface area contributed by atoms with Crippen LogP contribution in [0.15, 0.2) is 28.6 Å². The van der Waals surface area contributed by atoms with Crippen LogP contribution in [0.2, 0.25) is 5.02 Å². The smallest absolute Gasteiger partial charge is 0.317 e. The molecule has 1 unspecified atom stereocenters. The number of nitrogens with zero attached hydrogens (tertiary/aromatic N) is 2. The molecule has 0 spiro atoms. The third-order valence-corrected chi connectivity index (χ3v) is 4.80. The van der Waals surface area contributed by atoms with Gasteiger partial charge in [0.25, 0.3) is 0 Å². The zero-order chi connectivity index (χ0) is 15.2. The lowest BCUT2D eigenvalue weighted by molar-refractivity contribution is -0.136. The molecule has 6 nitrogen and oxygen atoms in total. The molecule has 2 rings (SSSR count). The third-order valence-electron chi connectivity index (χ3n) is 2.39. The highest BCUT2D eigenvalue weighted by molar-refractivity contribution is 8.02. The van der Waals surface area contributed by atoms with Gasteiger partial charge in [-0.1, -0.05) is 40.8 Å². The van der Waals surface area contributed by atoms with E-state index in [2.05, 4.69) is 15.5 Å².